The summed E-state index contributed by atoms with van der Waals surface area (Å²) in [5, 5.41) is 0. The molecule has 8 heteroatoms. The fraction of sp³-hybridized carbons (Fsp3) is 1.00. The van der Waals surface area contributed by atoms with Gasteiger partial charge < -0.3 is 0 Å². The fourth-order valence-corrected chi connectivity index (χ4v) is 4.19. The van der Waals surface area contributed by atoms with Gasteiger partial charge in [0.1, 0.15) is 0 Å². The molecule has 0 spiro atoms. The van der Waals surface area contributed by atoms with Crippen LogP contribution < -0.4 is 9.44 Å². The van der Waals surface area contributed by atoms with E-state index in [1.165, 1.54) is 0 Å². The molecule has 0 atom stereocenters. The Morgan fingerprint density at radius 2 is 0.952 bits per heavy atom. The van der Waals surface area contributed by atoms with E-state index in [-0.39, 0.29) is 11.5 Å². The Kier molecular flexibility index (Phi) is 11.3. The summed E-state index contributed by atoms with van der Waals surface area (Å²) in [6, 6.07) is 0. The Labute approximate surface area is 130 Å². The normalized spacial score (nSPS) is 12.7. The van der Waals surface area contributed by atoms with Crippen molar-refractivity contribution >= 4 is 20.0 Å². The van der Waals surface area contributed by atoms with E-state index in [4.69, 9.17) is 0 Å². The predicted octanol–water partition coefficient (Wildman–Crippen LogP) is 1.60. The van der Waals surface area contributed by atoms with Crippen molar-refractivity contribution < 1.29 is 16.8 Å². The fourth-order valence-electron chi connectivity index (χ4n) is 1.92. The third kappa shape index (κ3) is 13.2. The summed E-state index contributed by atoms with van der Waals surface area (Å²) >= 11 is 0. The Morgan fingerprint density at radius 1 is 0.619 bits per heavy atom. The second-order valence-electron chi connectivity index (χ2n) is 5.19. The van der Waals surface area contributed by atoms with Crippen LogP contribution in [0.3, 0.4) is 0 Å². The first-order valence-corrected chi connectivity index (χ1v) is 11.1. The molecule has 0 bridgehead atoms. The first kappa shape index (κ1) is 20.8. The molecule has 0 unspecified atom stereocenters. The van der Waals surface area contributed by atoms with Crippen LogP contribution in [0.1, 0.15) is 58.8 Å². The van der Waals surface area contributed by atoms with E-state index in [1.54, 1.807) is 0 Å². The highest BCUT2D eigenvalue weighted by Crippen LogP contribution is 2.02. The van der Waals surface area contributed by atoms with Gasteiger partial charge in [0.05, 0.1) is 11.5 Å². The summed E-state index contributed by atoms with van der Waals surface area (Å²) in [7, 11) is -6.16. The Hall–Kier alpha value is -0.180. The molecule has 0 saturated heterocycles. The van der Waals surface area contributed by atoms with Crippen molar-refractivity contribution in [3.8, 4) is 0 Å². The molecule has 21 heavy (non-hydrogen) atoms. The van der Waals surface area contributed by atoms with E-state index in [1.807, 2.05) is 13.8 Å². The van der Waals surface area contributed by atoms with Crippen molar-refractivity contribution in [3.05, 3.63) is 0 Å². The minimum Gasteiger partial charge on any atom is -0.215 e. The molecule has 128 valence electrons. The second-order valence-corrected chi connectivity index (χ2v) is 9.05. The maximum Gasteiger partial charge on any atom is 0.211 e. The van der Waals surface area contributed by atoms with Crippen molar-refractivity contribution in [3.63, 3.8) is 0 Å². The van der Waals surface area contributed by atoms with Gasteiger partial charge in [-0.25, -0.2) is 26.3 Å². The van der Waals surface area contributed by atoms with Gasteiger partial charge in [-0.15, -0.1) is 0 Å². The molecule has 0 aliphatic heterocycles. The zero-order valence-corrected chi connectivity index (χ0v) is 14.9. The van der Waals surface area contributed by atoms with Crippen molar-refractivity contribution in [2.75, 3.05) is 24.6 Å². The maximum atomic E-state index is 11.4. The van der Waals surface area contributed by atoms with Gasteiger partial charge in [0.25, 0.3) is 0 Å². The summed E-state index contributed by atoms with van der Waals surface area (Å²) in [6.45, 7) is 4.67. The molecule has 0 aliphatic carbocycles. The van der Waals surface area contributed by atoms with Gasteiger partial charge >= 0.3 is 0 Å². The average Bonchev–Trinajstić information content (AvgIpc) is 2.36. The summed E-state index contributed by atoms with van der Waals surface area (Å²) in [5.74, 6) is 0.371. The van der Waals surface area contributed by atoms with E-state index in [0.717, 1.165) is 32.1 Å². The van der Waals surface area contributed by atoms with Crippen LogP contribution >= 0.6 is 0 Å². The van der Waals surface area contributed by atoms with Crippen LogP contribution in [0.2, 0.25) is 0 Å². The number of unbranched alkanes of at least 4 members (excludes halogenated alkanes) is 4. The number of sulfonamides is 2. The molecule has 2 N–H and O–H groups in total. The van der Waals surface area contributed by atoms with Gasteiger partial charge in [-0.2, -0.15) is 0 Å². The van der Waals surface area contributed by atoms with Crippen LogP contribution in [-0.2, 0) is 20.0 Å². The van der Waals surface area contributed by atoms with Crippen LogP contribution in [-0.4, -0.2) is 41.4 Å². The maximum absolute atomic E-state index is 11.4. The molecule has 0 saturated carbocycles. The van der Waals surface area contributed by atoms with E-state index in [0.29, 0.717) is 25.9 Å². The van der Waals surface area contributed by atoms with Crippen LogP contribution in [0.4, 0.5) is 0 Å². The number of hydrogen-bond acceptors (Lipinski definition) is 4. The molecule has 0 amide bonds. The standard InChI is InChI=1S/C13H30N2O4S2/c1-3-12-20(16,17)14-10-8-6-5-7-9-11-15-21(18,19)13-4-2/h14-15H,3-13H2,1-2H3. The number of rotatable bonds is 14. The molecule has 0 heterocycles. The monoisotopic (exact) mass is 342 g/mol. The van der Waals surface area contributed by atoms with E-state index < -0.39 is 20.0 Å². The Morgan fingerprint density at radius 3 is 1.29 bits per heavy atom. The molecular weight excluding hydrogens is 312 g/mol. The van der Waals surface area contributed by atoms with Crippen LogP contribution in [0.25, 0.3) is 0 Å². The van der Waals surface area contributed by atoms with Gasteiger partial charge in [-0.05, 0) is 25.7 Å². The van der Waals surface area contributed by atoms with Crippen molar-refractivity contribution in [2.45, 2.75) is 58.8 Å². The number of nitrogens with one attached hydrogen (secondary N) is 2. The zero-order chi connectivity index (χ0) is 16.2. The number of hydrogen-bond donors (Lipinski definition) is 2. The van der Waals surface area contributed by atoms with E-state index in [2.05, 4.69) is 9.44 Å². The SMILES string of the molecule is CCCS(=O)(=O)NCCCCCCCNS(=O)(=O)CCC. The first-order valence-electron chi connectivity index (χ1n) is 7.77. The third-order valence-electron chi connectivity index (χ3n) is 2.94. The van der Waals surface area contributed by atoms with Crippen LogP contribution in [0.15, 0.2) is 0 Å². The minimum atomic E-state index is -3.08. The van der Waals surface area contributed by atoms with Crippen molar-refractivity contribution in [2.24, 2.45) is 0 Å². The van der Waals surface area contributed by atoms with Gasteiger partial charge in [0.2, 0.25) is 20.0 Å². The highest BCUT2D eigenvalue weighted by molar-refractivity contribution is 7.89. The van der Waals surface area contributed by atoms with Gasteiger partial charge in [0.15, 0.2) is 0 Å². The quantitative estimate of drug-likeness (QED) is 0.469. The molecule has 0 fully saturated rings. The lowest BCUT2D eigenvalue weighted by Crippen LogP contribution is -2.27. The largest absolute Gasteiger partial charge is 0.215 e. The molecule has 0 aliphatic rings. The minimum absolute atomic E-state index is 0.185. The summed E-state index contributed by atoms with van der Waals surface area (Å²) in [6.07, 6.45) is 5.80. The molecule has 0 aromatic heterocycles. The van der Waals surface area contributed by atoms with Gasteiger partial charge in [0, 0.05) is 13.1 Å². The zero-order valence-electron chi connectivity index (χ0n) is 13.2. The van der Waals surface area contributed by atoms with Crippen LogP contribution in [0.5, 0.6) is 0 Å². The van der Waals surface area contributed by atoms with Crippen LogP contribution in [0, 0.1) is 0 Å². The van der Waals surface area contributed by atoms with E-state index >= 15 is 0 Å². The van der Waals surface area contributed by atoms with Crippen molar-refractivity contribution in [1.29, 1.82) is 0 Å². The van der Waals surface area contributed by atoms with Gasteiger partial charge in [-0.1, -0.05) is 33.1 Å². The summed E-state index contributed by atoms with van der Waals surface area (Å²) in [5.41, 5.74) is 0. The molecule has 6 nitrogen and oxygen atoms in total. The first-order chi connectivity index (χ1) is 9.83. The second kappa shape index (κ2) is 11.4. The van der Waals surface area contributed by atoms with E-state index in [9.17, 15) is 16.8 Å². The highest BCUT2D eigenvalue weighted by atomic mass is 32.2. The topological polar surface area (TPSA) is 92.3 Å². The molecule has 0 rings (SSSR count). The smallest absolute Gasteiger partial charge is 0.211 e. The third-order valence-corrected chi connectivity index (χ3v) is 6.12. The summed E-state index contributed by atoms with van der Waals surface area (Å²) in [4.78, 5) is 0. The molecule has 0 aromatic rings. The Bertz CT molecular complexity index is 405. The Balaban J connectivity index is 3.46. The lowest BCUT2D eigenvalue weighted by molar-refractivity contribution is 0.561. The highest BCUT2D eigenvalue weighted by Gasteiger charge is 2.07. The average molecular weight is 343 g/mol. The molecular formula is C13H30N2O4S2. The van der Waals surface area contributed by atoms with Crippen molar-refractivity contribution in [1.82, 2.24) is 9.44 Å². The van der Waals surface area contributed by atoms with Gasteiger partial charge in [-0.3, -0.25) is 0 Å². The lowest BCUT2D eigenvalue weighted by Gasteiger charge is -2.06. The molecule has 0 aromatic carbocycles. The molecule has 0 radical (unpaired) electrons. The lowest BCUT2D eigenvalue weighted by atomic mass is 10.1. The predicted molar refractivity (Wildman–Crippen MR) is 87.2 cm³/mol. The summed E-state index contributed by atoms with van der Waals surface area (Å²) < 4.78 is 50.7.